The molecule has 1 N–H and O–H groups in total. The number of halogens is 2. The molecule has 4 heteroatoms. The third-order valence-corrected chi connectivity index (χ3v) is 4.06. The average Bonchev–Trinajstić information content (AvgIpc) is 2.82. The smallest absolute Gasteiger partial charge is 0.132 e. The van der Waals surface area contributed by atoms with Crippen LogP contribution in [-0.2, 0) is 0 Å². The second-order valence-corrected chi connectivity index (χ2v) is 5.22. The van der Waals surface area contributed by atoms with E-state index in [4.69, 9.17) is 0 Å². The van der Waals surface area contributed by atoms with Crippen molar-refractivity contribution in [1.29, 1.82) is 0 Å². The standard InChI is InChI=1S/C14H15F2NS/c1-3-17-9(2)13-6-7-14(18-13)11-8-10(15)4-5-12(11)16/h4-9,17H,3H2,1-2H3. The molecule has 0 amide bonds. The molecule has 0 radical (unpaired) electrons. The number of nitrogens with one attached hydrogen (secondary N) is 1. The molecule has 0 aliphatic rings. The summed E-state index contributed by atoms with van der Waals surface area (Å²) < 4.78 is 26.8. The van der Waals surface area contributed by atoms with E-state index < -0.39 is 5.82 Å². The van der Waals surface area contributed by atoms with Gasteiger partial charge in [-0.2, -0.15) is 0 Å². The summed E-state index contributed by atoms with van der Waals surface area (Å²) in [6.45, 7) is 4.97. The maximum Gasteiger partial charge on any atom is 0.132 e. The molecule has 18 heavy (non-hydrogen) atoms. The van der Waals surface area contributed by atoms with Crippen molar-refractivity contribution in [3.8, 4) is 10.4 Å². The van der Waals surface area contributed by atoms with Gasteiger partial charge in [-0.05, 0) is 43.8 Å². The molecular formula is C14H15F2NS. The molecule has 1 atom stereocenters. The third-order valence-electron chi connectivity index (χ3n) is 2.76. The second-order valence-electron chi connectivity index (χ2n) is 4.11. The summed E-state index contributed by atoms with van der Waals surface area (Å²) in [5, 5.41) is 3.30. The van der Waals surface area contributed by atoms with Crippen LogP contribution < -0.4 is 5.32 Å². The lowest BCUT2D eigenvalue weighted by molar-refractivity contribution is 0.603. The normalized spacial score (nSPS) is 12.7. The molecule has 0 saturated carbocycles. The van der Waals surface area contributed by atoms with E-state index in [1.54, 1.807) is 0 Å². The lowest BCUT2D eigenvalue weighted by atomic mass is 10.1. The Morgan fingerprint density at radius 1 is 1.22 bits per heavy atom. The van der Waals surface area contributed by atoms with E-state index in [0.29, 0.717) is 5.56 Å². The van der Waals surface area contributed by atoms with Crippen LogP contribution in [-0.4, -0.2) is 6.54 Å². The van der Waals surface area contributed by atoms with Crippen LogP contribution in [0.15, 0.2) is 30.3 Å². The van der Waals surface area contributed by atoms with E-state index in [1.165, 1.54) is 17.4 Å². The van der Waals surface area contributed by atoms with Crippen LogP contribution in [0, 0.1) is 11.6 Å². The first-order valence-electron chi connectivity index (χ1n) is 5.90. The molecule has 1 aromatic carbocycles. The van der Waals surface area contributed by atoms with Crippen molar-refractivity contribution in [1.82, 2.24) is 5.32 Å². The zero-order valence-corrected chi connectivity index (χ0v) is 11.2. The fraction of sp³-hybridized carbons (Fsp3) is 0.286. The van der Waals surface area contributed by atoms with Crippen LogP contribution >= 0.6 is 11.3 Å². The molecule has 0 aliphatic carbocycles. The van der Waals surface area contributed by atoms with E-state index in [1.807, 2.05) is 19.1 Å². The molecule has 1 nitrogen and oxygen atoms in total. The third kappa shape index (κ3) is 2.76. The van der Waals surface area contributed by atoms with Crippen LogP contribution in [0.3, 0.4) is 0 Å². The quantitative estimate of drug-likeness (QED) is 0.867. The molecule has 0 spiro atoms. The number of thiophene rings is 1. The van der Waals surface area contributed by atoms with Crippen LogP contribution in [0.25, 0.3) is 10.4 Å². The first-order chi connectivity index (χ1) is 8.61. The van der Waals surface area contributed by atoms with Gasteiger partial charge in [0.2, 0.25) is 0 Å². The minimum atomic E-state index is -0.416. The second kappa shape index (κ2) is 5.59. The summed E-state index contributed by atoms with van der Waals surface area (Å²) in [5.74, 6) is -0.804. The van der Waals surface area contributed by atoms with E-state index in [-0.39, 0.29) is 11.9 Å². The average molecular weight is 267 g/mol. The Hall–Kier alpha value is -1.26. The van der Waals surface area contributed by atoms with Crippen molar-refractivity contribution in [3.63, 3.8) is 0 Å². The zero-order chi connectivity index (χ0) is 13.1. The Balaban J connectivity index is 2.32. The fourth-order valence-electron chi connectivity index (χ4n) is 1.82. The SMILES string of the molecule is CCNC(C)c1ccc(-c2cc(F)ccc2F)s1. The van der Waals surface area contributed by atoms with Crippen LogP contribution in [0.5, 0.6) is 0 Å². The van der Waals surface area contributed by atoms with Gasteiger partial charge in [0.05, 0.1) is 0 Å². The molecule has 96 valence electrons. The van der Waals surface area contributed by atoms with Gasteiger partial charge in [-0.25, -0.2) is 8.78 Å². The number of rotatable bonds is 4. The predicted octanol–water partition coefficient (Wildman–Crippen LogP) is 4.36. The van der Waals surface area contributed by atoms with Gasteiger partial charge in [-0.1, -0.05) is 6.92 Å². The van der Waals surface area contributed by atoms with Crippen molar-refractivity contribution >= 4 is 11.3 Å². The maximum atomic E-state index is 13.6. The molecule has 0 aliphatic heterocycles. The largest absolute Gasteiger partial charge is 0.310 e. The number of hydrogen-bond donors (Lipinski definition) is 1. The van der Waals surface area contributed by atoms with Gasteiger partial charge in [0.1, 0.15) is 11.6 Å². The molecule has 2 rings (SSSR count). The topological polar surface area (TPSA) is 12.0 Å². The maximum absolute atomic E-state index is 13.6. The van der Waals surface area contributed by atoms with Crippen LogP contribution in [0.1, 0.15) is 24.8 Å². The summed E-state index contributed by atoms with van der Waals surface area (Å²) in [6.07, 6.45) is 0. The molecular weight excluding hydrogens is 252 g/mol. The van der Waals surface area contributed by atoms with Crippen molar-refractivity contribution in [2.75, 3.05) is 6.54 Å². The summed E-state index contributed by atoms with van der Waals surface area (Å²) in [6, 6.07) is 7.56. The van der Waals surface area contributed by atoms with Crippen molar-refractivity contribution < 1.29 is 8.78 Å². The fourth-order valence-corrected chi connectivity index (χ4v) is 2.88. The van der Waals surface area contributed by atoms with E-state index in [9.17, 15) is 8.78 Å². The minimum Gasteiger partial charge on any atom is -0.310 e. The molecule has 1 aromatic heterocycles. The highest BCUT2D eigenvalue weighted by molar-refractivity contribution is 7.15. The van der Waals surface area contributed by atoms with Gasteiger partial charge < -0.3 is 5.32 Å². The number of hydrogen-bond acceptors (Lipinski definition) is 2. The highest BCUT2D eigenvalue weighted by atomic mass is 32.1. The summed E-state index contributed by atoms with van der Waals surface area (Å²) in [5.41, 5.74) is 0.329. The van der Waals surface area contributed by atoms with Gasteiger partial charge in [-0.15, -0.1) is 11.3 Å². The molecule has 0 saturated heterocycles. The summed E-state index contributed by atoms with van der Waals surface area (Å²) in [4.78, 5) is 1.88. The van der Waals surface area contributed by atoms with Crippen molar-refractivity contribution in [3.05, 3.63) is 46.8 Å². The van der Waals surface area contributed by atoms with E-state index in [2.05, 4.69) is 12.2 Å². The molecule has 2 aromatic rings. The first kappa shape index (κ1) is 13.2. The van der Waals surface area contributed by atoms with Crippen LogP contribution in [0.4, 0.5) is 8.78 Å². The molecule has 0 fully saturated rings. The predicted molar refractivity (Wildman–Crippen MR) is 71.8 cm³/mol. The van der Waals surface area contributed by atoms with E-state index in [0.717, 1.165) is 28.4 Å². The zero-order valence-electron chi connectivity index (χ0n) is 10.3. The highest BCUT2D eigenvalue weighted by Crippen LogP contribution is 2.33. The van der Waals surface area contributed by atoms with E-state index >= 15 is 0 Å². The molecule has 1 heterocycles. The first-order valence-corrected chi connectivity index (χ1v) is 6.72. The lowest BCUT2D eigenvalue weighted by Crippen LogP contribution is -2.16. The Morgan fingerprint density at radius 2 is 2.00 bits per heavy atom. The highest BCUT2D eigenvalue weighted by Gasteiger charge is 2.12. The van der Waals surface area contributed by atoms with Crippen molar-refractivity contribution in [2.45, 2.75) is 19.9 Å². The number of benzene rings is 1. The Morgan fingerprint density at radius 3 is 2.72 bits per heavy atom. The summed E-state index contributed by atoms with van der Waals surface area (Å²) >= 11 is 1.49. The minimum absolute atomic E-state index is 0.227. The Labute approximate surface area is 109 Å². The van der Waals surface area contributed by atoms with Gasteiger partial charge in [0.25, 0.3) is 0 Å². The van der Waals surface area contributed by atoms with Gasteiger partial charge in [0, 0.05) is 21.4 Å². The Bertz CT molecular complexity index is 536. The van der Waals surface area contributed by atoms with Crippen molar-refractivity contribution in [2.24, 2.45) is 0 Å². The molecule has 0 bridgehead atoms. The lowest BCUT2D eigenvalue weighted by Gasteiger charge is -2.09. The van der Waals surface area contributed by atoms with Crippen LogP contribution in [0.2, 0.25) is 0 Å². The Kier molecular flexibility index (Phi) is 4.09. The molecule has 1 unspecified atom stereocenters. The van der Waals surface area contributed by atoms with Gasteiger partial charge >= 0.3 is 0 Å². The van der Waals surface area contributed by atoms with Gasteiger partial charge in [-0.3, -0.25) is 0 Å². The summed E-state index contributed by atoms with van der Waals surface area (Å²) in [7, 11) is 0. The van der Waals surface area contributed by atoms with Gasteiger partial charge in [0.15, 0.2) is 0 Å². The monoisotopic (exact) mass is 267 g/mol.